The number of carbonyl (C=O) groups excluding carboxylic acids is 1. The summed E-state index contributed by atoms with van der Waals surface area (Å²) in [6.07, 6.45) is -0.819. The van der Waals surface area contributed by atoms with E-state index in [1.54, 1.807) is 12.1 Å². The quantitative estimate of drug-likeness (QED) is 0.463. The molecule has 1 aliphatic heterocycles. The lowest BCUT2D eigenvalue weighted by Crippen LogP contribution is -2.36. The van der Waals surface area contributed by atoms with Gasteiger partial charge in [0.25, 0.3) is 0 Å². The average Bonchev–Trinajstić information content (AvgIpc) is 3.36. The van der Waals surface area contributed by atoms with Crippen LogP contribution in [0.3, 0.4) is 0 Å². The number of methoxy groups -OCH3 is 3. The second-order valence-corrected chi connectivity index (χ2v) is 7.53. The maximum absolute atomic E-state index is 14.2. The molecule has 0 N–H and O–H groups in total. The number of carbonyl (C=O) groups is 1. The topological polar surface area (TPSA) is 70.4 Å². The van der Waals surface area contributed by atoms with Crippen molar-refractivity contribution in [3.8, 4) is 22.8 Å². The van der Waals surface area contributed by atoms with Gasteiger partial charge in [0.15, 0.2) is 17.3 Å². The highest BCUT2D eigenvalue weighted by Crippen LogP contribution is 2.35. The fourth-order valence-electron chi connectivity index (χ4n) is 3.84. The fraction of sp³-hybridized carbons (Fsp3) is 0.320. The fourth-order valence-corrected chi connectivity index (χ4v) is 3.84. The van der Waals surface area contributed by atoms with Crippen LogP contribution in [-0.4, -0.2) is 53.4 Å². The maximum Gasteiger partial charge on any atom is 0.231 e. The summed E-state index contributed by atoms with van der Waals surface area (Å²) < 4.78 is 41.1. The van der Waals surface area contributed by atoms with Crippen molar-refractivity contribution >= 4 is 11.5 Å². The van der Waals surface area contributed by atoms with E-state index in [0.29, 0.717) is 24.5 Å². The van der Waals surface area contributed by atoms with E-state index in [-0.39, 0.29) is 23.0 Å². The zero-order valence-corrected chi connectivity index (χ0v) is 18.8. The Bertz CT molecular complexity index is 1080. The molecule has 1 aromatic heterocycles. The third-order valence-corrected chi connectivity index (χ3v) is 5.62. The number of Topliss-reactive ketones (excluding diaryl/α,β-unsaturated/α-hetero) is 1. The van der Waals surface area contributed by atoms with Crippen LogP contribution in [0.4, 0.5) is 10.1 Å². The lowest BCUT2D eigenvalue weighted by molar-refractivity contribution is 0.0577. The van der Waals surface area contributed by atoms with Gasteiger partial charge >= 0.3 is 0 Å². The van der Waals surface area contributed by atoms with E-state index in [1.165, 1.54) is 33.5 Å². The first-order valence-electron chi connectivity index (χ1n) is 10.6. The van der Waals surface area contributed by atoms with E-state index in [9.17, 15) is 9.18 Å². The second-order valence-electron chi connectivity index (χ2n) is 7.53. The molecule has 0 amide bonds. The van der Waals surface area contributed by atoms with E-state index in [4.69, 9.17) is 23.4 Å². The molecule has 8 heteroatoms. The summed E-state index contributed by atoms with van der Waals surface area (Å²) in [5.74, 6) is -0.369. The molecule has 0 aliphatic carbocycles. The van der Waals surface area contributed by atoms with Gasteiger partial charge in [-0.3, -0.25) is 4.79 Å². The number of rotatable bonds is 8. The van der Waals surface area contributed by atoms with Gasteiger partial charge in [-0.1, -0.05) is 12.1 Å². The van der Waals surface area contributed by atoms with Gasteiger partial charge in [0, 0.05) is 31.5 Å². The Balaban J connectivity index is 1.55. The lowest BCUT2D eigenvalue weighted by atomic mass is 10.0. The van der Waals surface area contributed by atoms with Crippen molar-refractivity contribution in [3.05, 3.63) is 65.7 Å². The summed E-state index contributed by atoms with van der Waals surface area (Å²) in [6.45, 7) is 3.07. The van der Waals surface area contributed by atoms with Crippen LogP contribution in [0, 0.1) is 5.82 Å². The summed E-state index contributed by atoms with van der Waals surface area (Å²) in [5.41, 5.74) is 2.32. The van der Waals surface area contributed by atoms with E-state index in [2.05, 4.69) is 4.90 Å². The Morgan fingerprint density at radius 3 is 2.18 bits per heavy atom. The summed E-state index contributed by atoms with van der Waals surface area (Å²) in [7, 11) is 4.22. The molecule has 7 nitrogen and oxygen atoms in total. The van der Waals surface area contributed by atoms with E-state index >= 15 is 0 Å². The Labute approximate surface area is 191 Å². The smallest absolute Gasteiger partial charge is 0.231 e. The van der Waals surface area contributed by atoms with Gasteiger partial charge in [0.1, 0.15) is 11.9 Å². The van der Waals surface area contributed by atoms with Crippen molar-refractivity contribution in [2.75, 3.05) is 52.5 Å². The SMILES string of the molecule is COc1cc(-c2ccc(C(=O)C(OC)c3ccc(N4CCOCC4)cc3)o2)cc(OC)c1F. The molecule has 1 saturated heterocycles. The Kier molecular flexibility index (Phi) is 6.96. The molecule has 1 atom stereocenters. The third-order valence-electron chi connectivity index (χ3n) is 5.62. The van der Waals surface area contributed by atoms with Crippen LogP contribution in [0.25, 0.3) is 11.3 Å². The number of morpholine rings is 1. The lowest BCUT2D eigenvalue weighted by Gasteiger charge is -2.29. The summed E-state index contributed by atoms with van der Waals surface area (Å²) in [6, 6.07) is 13.9. The first-order valence-corrected chi connectivity index (χ1v) is 10.6. The summed E-state index contributed by atoms with van der Waals surface area (Å²) in [4.78, 5) is 15.4. The number of nitrogens with zero attached hydrogens (tertiary/aromatic N) is 1. The number of furan rings is 1. The number of ether oxygens (including phenoxy) is 4. The van der Waals surface area contributed by atoms with E-state index in [0.717, 1.165) is 24.3 Å². The minimum Gasteiger partial charge on any atom is -0.494 e. The molecule has 0 saturated carbocycles. The average molecular weight is 455 g/mol. The largest absolute Gasteiger partial charge is 0.494 e. The normalized spacial score (nSPS) is 14.7. The van der Waals surface area contributed by atoms with Crippen molar-refractivity contribution in [1.29, 1.82) is 0 Å². The number of anilines is 1. The first-order chi connectivity index (χ1) is 16.0. The molecule has 3 aromatic rings. The molecule has 4 rings (SSSR count). The van der Waals surface area contributed by atoms with E-state index < -0.39 is 11.9 Å². The molecular formula is C25H26FNO6. The highest BCUT2D eigenvalue weighted by molar-refractivity contribution is 5.98. The van der Waals surface area contributed by atoms with Crippen LogP contribution < -0.4 is 14.4 Å². The third kappa shape index (κ3) is 4.72. The molecule has 0 bridgehead atoms. The molecule has 33 heavy (non-hydrogen) atoms. The zero-order valence-electron chi connectivity index (χ0n) is 18.8. The Morgan fingerprint density at radius 1 is 0.970 bits per heavy atom. The Morgan fingerprint density at radius 2 is 1.61 bits per heavy atom. The molecule has 1 aliphatic rings. The molecule has 0 radical (unpaired) electrons. The van der Waals surface area contributed by atoms with Crippen LogP contribution in [0.15, 0.2) is 52.9 Å². The van der Waals surface area contributed by atoms with Gasteiger partial charge in [-0.25, -0.2) is 0 Å². The Hall–Kier alpha value is -3.36. The molecule has 1 unspecified atom stereocenters. The van der Waals surface area contributed by atoms with Gasteiger partial charge < -0.3 is 28.3 Å². The zero-order chi connectivity index (χ0) is 23.4. The highest BCUT2D eigenvalue weighted by Gasteiger charge is 2.26. The van der Waals surface area contributed by atoms with Crippen molar-refractivity contribution in [3.63, 3.8) is 0 Å². The van der Waals surface area contributed by atoms with Gasteiger partial charge in [-0.05, 0) is 42.0 Å². The summed E-state index contributed by atoms with van der Waals surface area (Å²) in [5, 5.41) is 0. The monoisotopic (exact) mass is 455 g/mol. The van der Waals surface area contributed by atoms with Crippen molar-refractivity contribution in [2.24, 2.45) is 0 Å². The van der Waals surface area contributed by atoms with Crippen LogP contribution in [0.2, 0.25) is 0 Å². The summed E-state index contributed by atoms with van der Waals surface area (Å²) >= 11 is 0. The molecule has 1 fully saturated rings. The van der Waals surface area contributed by atoms with Crippen LogP contribution in [0.1, 0.15) is 22.2 Å². The number of hydrogen-bond donors (Lipinski definition) is 0. The minimum absolute atomic E-state index is 0.0174. The van der Waals surface area contributed by atoms with Crippen molar-refractivity contribution in [2.45, 2.75) is 6.10 Å². The van der Waals surface area contributed by atoms with Gasteiger partial charge in [0.05, 0.1) is 27.4 Å². The van der Waals surface area contributed by atoms with Crippen molar-refractivity contribution < 1.29 is 32.5 Å². The molecule has 0 spiro atoms. The standard InChI is InChI=1S/C25H26FNO6/c1-29-21-14-17(15-22(30-2)23(21)26)19-8-9-20(33-19)24(28)25(31-3)16-4-6-18(7-5-16)27-10-12-32-13-11-27/h4-9,14-15,25H,10-13H2,1-3H3. The predicted octanol–water partition coefficient (Wildman–Crippen LogP) is 4.51. The van der Waals surface area contributed by atoms with Gasteiger partial charge in [-0.15, -0.1) is 0 Å². The number of halogens is 1. The van der Waals surface area contributed by atoms with Crippen LogP contribution >= 0.6 is 0 Å². The van der Waals surface area contributed by atoms with Crippen LogP contribution in [0.5, 0.6) is 11.5 Å². The number of benzene rings is 2. The molecule has 2 heterocycles. The maximum atomic E-state index is 14.2. The van der Waals surface area contributed by atoms with Crippen LogP contribution in [-0.2, 0) is 9.47 Å². The predicted molar refractivity (Wildman–Crippen MR) is 121 cm³/mol. The van der Waals surface area contributed by atoms with Crippen molar-refractivity contribution in [1.82, 2.24) is 0 Å². The molecular weight excluding hydrogens is 429 g/mol. The van der Waals surface area contributed by atoms with E-state index in [1.807, 2.05) is 24.3 Å². The van der Waals surface area contributed by atoms with Gasteiger partial charge in [0.2, 0.25) is 11.6 Å². The highest BCUT2D eigenvalue weighted by atomic mass is 19.1. The molecule has 174 valence electrons. The number of hydrogen-bond acceptors (Lipinski definition) is 7. The van der Waals surface area contributed by atoms with Gasteiger partial charge in [-0.2, -0.15) is 4.39 Å². The number of ketones is 1. The first kappa shape index (κ1) is 22.8. The molecule has 2 aromatic carbocycles. The second kappa shape index (κ2) is 10.1. The minimum atomic E-state index is -0.819.